The van der Waals surface area contributed by atoms with Gasteiger partial charge in [-0.1, -0.05) is 0 Å². The minimum atomic E-state index is -0.447. The summed E-state index contributed by atoms with van der Waals surface area (Å²) in [4.78, 5) is 16.7. The Hall–Kier alpha value is -1.76. The fraction of sp³-hybridized carbons (Fsp3) is 0.400. The number of esters is 1. The Kier molecular flexibility index (Phi) is 3.48. The lowest BCUT2D eigenvalue weighted by molar-refractivity contribution is 0.0506. The first-order valence-electron chi connectivity index (χ1n) is 5.16. The number of hydrogen-bond donors (Lipinski definition) is 0. The summed E-state index contributed by atoms with van der Waals surface area (Å²) >= 11 is 1.52. The van der Waals surface area contributed by atoms with Crippen molar-refractivity contribution >= 4 is 17.3 Å². The highest BCUT2D eigenvalue weighted by Crippen LogP contribution is 2.11. The SMILES string of the molecule is CCOC(=O)c1nnc(C)n1Cc1cncs1. The Balaban J connectivity index is 2.26. The molecule has 6 nitrogen and oxygen atoms in total. The third kappa shape index (κ3) is 2.50. The minimum absolute atomic E-state index is 0.234. The molecule has 0 bridgehead atoms. The molecule has 17 heavy (non-hydrogen) atoms. The van der Waals surface area contributed by atoms with E-state index >= 15 is 0 Å². The van der Waals surface area contributed by atoms with Gasteiger partial charge in [-0.3, -0.25) is 4.98 Å². The summed E-state index contributed by atoms with van der Waals surface area (Å²) < 4.78 is 6.65. The van der Waals surface area contributed by atoms with Gasteiger partial charge in [0.2, 0.25) is 5.82 Å². The molecular formula is C10H12N4O2S. The van der Waals surface area contributed by atoms with E-state index in [1.165, 1.54) is 11.3 Å². The van der Waals surface area contributed by atoms with Crippen molar-refractivity contribution in [2.45, 2.75) is 20.4 Å². The van der Waals surface area contributed by atoms with Crippen molar-refractivity contribution in [3.63, 3.8) is 0 Å². The largest absolute Gasteiger partial charge is 0.460 e. The van der Waals surface area contributed by atoms with Gasteiger partial charge in [0, 0.05) is 11.1 Å². The van der Waals surface area contributed by atoms with Crippen LogP contribution in [0.5, 0.6) is 0 Å². The van der Waals surface area contributed by atoms with E-state index in [-0.39, 0.29) is 5.82 Å². The Bertz CT molecular complexity index is 506. The molecule has 0 spiro atoms. The molecule has 2 aromatic heterocycles. The van der Waals surface area contributed by atoms with E-state index in [1.807, 2.05) is 0 Å². The molecule has 0 aliphatic rings. The molecule has 90 valence electrons. The number of ether oxygens (including phenoxy) is 1. The van der Waals surface area contributed by atoms with Crippen LogP contribution >= 0.6 is 11.3 Å². The Morgan fingerprint density at radius 1 is 1.53 bits per heavy atom. The molecule has 0 aliphatic heterocycles. The second kappa shape index (κ2) is 5.05. The normalized spacial score (nSPS) is 10.5. The number of aromatic nitrogens is 4. The molecule has 0 saturated carbocycles. The van der Waals surface area contributed by atoms with Crippen molar-refractivity contribution in [1.82, 2.24) is 19.7 Å². The van der Waals surface area contributed by atoms with Gasteiger partial charge in [-0.15, -0.1) is 21.5 Å². The number of nitrogens with zero attached hydrogens (tertiary/aromatic N) is 4. The molecular weight excluding hydrogens is 240 g/mol. The molecule has 0 aromatic carbocycles. The molecule has 0 fully saturated rings. The lowest BCUT2D eigenvalue weighted by atomic mass is 10.4. The Morgan fingerprint density at radius 3 is 3.00 bits per heavy atom. The van der Waals surface area contributed by atoms with E-state index in [1.54, 1.807) is 30.1 Å². The second-order valence-corrected chi connectivity index (χ2v) is 4.32. The second-order valence-electron chi connectivity index (χ2n) is 3.35. The van der Waals surface area contributed by atoms with Crippen LogP contribution in [0.4, 0.5) is 0 Å². The van der Waals surface area contributed by atoms with Gasteiger partial charge in [-0.25, -0.2) is 4.79 Å². The first-order chi connectivity index (χ1) is 8.22. The topological polar surface area (TPSA) is 69.9 Å². The van der Waals surface area contributed by atoms with Gasteiger partial charge >= 0.3 is 5.97 Å². The summed E-state index contributed by atoms with van der Waals surface area (Å²) in [6, 6.07) is 0. The number of aryl methyl sites for hydroxylation is 1. The van der Waals surface area contributed by atoms with E-state index in [9.17, 15) is 4.79 Å². The van der Waals surface area contributed by atoms with Crippen LogP contribution in [0.3, 0.4) is 0 Å². The van der Waals surface area contributed by atoms with Crippen molar-refractivity contribution in [2.75, 3.05) is 6.61 Å². The maximum absolute atomic E-state index is 11.6. The van der Waals surface area contributed by atoms with E-state index in [4.69, 9.17) is 4.74 Å². The monoisotopic (exact) mass is 252 g/mol. The van der Waals surface area contributed by atoms with Crippen LogP contribution in [-0.4, -0.2) is 32.3 Å². The molecule has 2 heterocycles. The summed E-state index contributed by atoms with van der Waals surface area (Å²) in [5.41, 5.74) is 1.75. The zero-order valence-corrected chi connectivity index (χ0v) is 10.4. The van der Waals surface area contributed by atoms with Crippen LogP contribution < -0.4 is 0 Å². The quantitative estimate of drug-likeness (QED) is 0.766. The van der Waals surface area contributed by atoms with Crippen LogP contribution in [0.15, 0.2) is 11.7 Å². The smallest absolute Gasteiger partial charge is 0.376 e. The maximum atomic E-state index is 11.6. The highest BCUT2D eigenvalue weighted by Gasteiger charge is 2.18. The number of hydrogen-bond acceptors (Lipinski definition) is 6. The summed E-state index contributed by atoms with van der Waals surface area (Å²) in [7, 11) is 0. The van der Waals surface area contributed by atoms with Gasteiger partial charge in [0.15, 0.2) is 0 Å². The van der Waals surface area contributed by atoms with Crippen molar-refractivity contribution in [3.05, 3.63) is 28.2 Å². The van der Waals surface area contributed by atoms with Gasteiger partial charge in [0.1, 0.15) is 5.82 Å². The summed E-state index contributed by atoms with van der Waals surface area (Å²) in [6.07, 6.45) is 1.76. The molecule has 0 amide bonds. The predicted octanol–water partition coefficient (Wildman–Crippen LogP) is 1.27. The molecule has 0 N–H and O–H groups in total. The molecule has 0 saturated heterocycles. The number of carbonyl (C=O) groups is 1. The average molecular weight is 252 g/mol. The highest BCUT2D eigenvalue weighted by molar-refractivity contribution is 7.09. The van der Waals surface area contributed by atoms with Crippen LogP contribution in [0.2, 0.25) is 0 Å². The summed E-state index contributed by atoms with van der Waals surface area (Å²) in [5.74, 6) is 0.469. The highest BCUT2D eigenvalue weighted by atomic mass is 32.1. The zero-order chi connectivity index (χ0) is 12.3. The van der Waals surface area contributed by atoms with Gasteiger partial charge in [0.05, 0.1) is 18.7 Å². The third-order valence-corrected chi connectivity index (χ3v) is 2.96. The first-order valence-corrected chi connectivity index (χ1v) is 6.04. The number of rotatable bonds is 4. The van der Waals surface area contributed by atoms with Crippen LogP contribution in [0, 0.1) is 6.92 Å². The average Bonchev–Trinajstić information content (AvgIpc) is 2.91. The van der Waals surface area contributed by atoms with Gasteiger partial charge in [0.25, 0.3) is 0 Å². The number of carbonyl (C=O) groups excluding carboxylic acids is 1. The molecule has 7 heteroatoms. The zero-order valence-electron chi connectivity index (χ0n) is 9.58. The Labute approximate surface area is 102 Å². The van der Waals surface area contributed by atoms with Gasteiger partial charge in [-0.2, -0.15) is 0 Å². The lowest BCUT2D eigenvalue weighted by Gasteiger charge is -2.05. The lowest BCUT2D eigenvalue weighted by Crippen LogP contribution is -2.14. The third-order valence-electron chi connectivity index (χ3n) is 2.19. The number of thiazole rings is 1. The van der Waals surface area contributed by atoms with Crippen LogP contribution in [0.1, 0.15) is 28.2 Å². The summed E-state index contributed by atoms with van der Waals surface area (Å²) in [6.45, 7) is 4.42. The van der Waals surface area contributed by atoms with Crippen molar-refractivity contribution in [3.8, 4) is 0 Å². The molecule has 2 aromatic rings. The van der Waals surface area contributed by atoms with Crippen LogP contribution in [-0.2, 0) is 11.3 Å². The predicted molar refractivity (Wildman–Crippen MR) is 61.9 cm³/mol. The molecule has 0 radical (unpaired) electrons. The van der Waals surface area contributed by atoms with Crippen molar-refractivity contribution < 1.29 is 9.53 Å². The van der Waals surface area contributed by atoms with E-state index in [0.29, 0.717) is 19.0 Å². The standard InChI is InChI=1S/C10H12N4O2S/c1-3-16-10(15)9-13-12-7(2)14(9)5-8-4-11-6-17-8/h4,6H,3,5H2,1-2H3. The Morgan fingerprint density at radius 2 is 2.35 bits per heavy atom. The van der Waals surface area contributed by atoms with Crippen LogP contribution in [0.25, 0.3) is 0 Å². The van der Waals surface area contributed by atoms with Crippen molar-refractivity contribution in [2.24, 2.45) is 0 Å². The van der Waals surface area contributed by atoms with Gasteiger partial charge < -0.3 is 9.30 Å². The fourth-order valence-corrected chi connectivity index (χ4v) is 1.98. The van der Waals surface area contributed by atoms with Crippen molar-refractivity contribution in [1.29, 1.82) is 0 Å². The first kappa shape index (κ1) is 11.7. The maximum Gasteiger partial charge on any atom is 0.376 e. The van der Waals surface area contributed by atoms with E-state index in [2.05, 4.69) is 15.2 Å². The molecule has 2 rings (SSSR count). The molecule has 0 unspecified atom stereocenters. The fourth-order valence-electron chi connectivity index (χ4n) is 1.39. The molecule has 0 aliphatic carbocycles. The minimum Gasteiger partial charge on any atom is -0.460 e. The van der Waals surface area contributed by atoms with Gasteiger partial charge in [-0.05, 0) is 13.8 Å². The van der Waals surface area contributed by atoms with E-state index in [0.717, 1.165) is 4.88 Å². The molecule has 0 atom stereocenters. The van der Waals surface area contributed by atoms with E-state index < -0.39 is 5.97 Å². The summed E-state index contributed by atoms with van der Waals surface area (Å²) in [5, 5.41) is 7.73.